The van der Waals surface area contributed by atoms with Crippen molar-refractivity contribution < 1.29 is 32.7 Å². The van der Waals surface area contributed by atoms with Crippen LogP contribution in [0.1, 0.15) is 111 Å². The monoisotopic (exact) mass is 1030 g/mol. The van der Waals surface area contributed by atoms with Gasteiger partial charge in [0.05, 0.1) is 35.6 Å². The minimum Gasteiger partial charge on any atom is -0.497 e. The molecule has 74 heavy (non-hydrogen) atoms. The van der Waals surface area contributed by atoms with Crippen molar-refractivity contribution in [2.75, 3.05) is 56.6 Å². The van der Waals surface area contributed by atoms with Gasteiger partial charge in [-0.1, -0.05) is 50.2 Å². The zero-order valence-corrected chi connectivity index (χ0v) is 43.4. The number of amides is 1. The van der Waals surface area contributed by atoms with Crippen molar-refractivity contribution in [3.05, 3.63) is 136 Å². The Morgan fingerprint density at radius 2 is 1.69 bits per heavy atom. The van der Waals surface area contributed by atoms with Crippen LogP contribution in [0.25, 0.3) is 11.0 Å². The average molecular weight is 1030 g/mol. The van der Waals surface area contributed by atoms with E-state index in [4.69, 9.17) is 9.47 Å². The molecule has 1 spiro atoms. The van der Waals surface area contributed by atoms with Crippen LogP contribution in [0, 0.1) is 21.4 Å². The molecule has 0 unspecified atom stereocenters. The molecule has 2 aliphatic carbocycles. The zero-order chi connectivity index (χ0) is 51.8. The number of nitrogens with one attached hydrogen (secondary N) is 3. The lowest BCUT2D eigenvalue weighted by Crippen LogP contribution is -2.60. The van der Waals surface area contributed by atoms with Crippen molar-refractivity contribution in [1.82, 2.24) is 29.5 Å². The molecule has 3 aromatic carbocycles. The third-order valence-electron chi connectivity index (χ3n) is 16.2. The van der Waals surface area contributed by atoms with E-state index in [1.54, 1.807) is 38.4 Å². The van der Waals surface area contributed by atoms with Crippen molar-refractivity contribution in [3.63, 3.8) is 0 Å². The number of aromatic nitrogens is 3. The van der Waals surface area contributed by atoms with E-state index in [1.165, 1.54) is 22.9 Å². The first-order valence-electron chi connectivity index (χ1n) is 25.9. The summed E-state index contributed by atoms with van der Waals surface area (Å²) in [4.78, 5) is 44.4. The number of aliphatic hydroxyl groups is 1. The van der Waals surface area contributed by atoms with Crippen LogP contribution in [0.2, 0.25) is 0 Å². The van der Waals surface area contributed by atoms with Crippen molar-refractivity contribution >= 4 is 44.2 Å². The number of nitrogens with zero attached hydrogens (tertiary/aromatic N) is 6. The van der Waals surface area contributed by atoms with E-state index in [9.17, 15) is 28.4 Å². The van der Waals surface area contributed by atoms with E-state index in [0.29, 0.717) is 42.7 Å². The van der Waals surface area contributed by atoms with E-state index in [1.807, 2.05) is 24.3 Å². The van der Waals surface area contributed by atoms with Gasteiger partial charge in [0.2, 0.25) is 5.82 Å². The van der Waals surface area contributed by atoms with E-state index < -0.39 is 37.0 Å². The van der Waals surface area contributed by atoms with Gasteiger partial charge in [-0.3, -0.25) is 24.7 Å². The van der Waals surface area contributed by atoms with Gasteiger partial charge < -0.3 is 29.8 Å². The molecule has 10 rings (SSSR count). The molecule has 17 nitrogen and oxygen atoms in total. The third-order valence-corrected chi connectivity index (χ3v) is 17.5. The lowest BCUT2D eigenvalue weighted by Gasteiger charge is -2.58. The fourth-order valence-corrected chi connectivity index (χ4v) is 12.7. The third kappa shape index (κ3) is 11.1. The highest BCUT2D eigenvalue weighted by molar-refractivity contribution is 7.90. The number of aromatic amines is 1. The Morgan fingerprint density at radius 3 is 2.42 bits per heavy atom. The van der Waals surface area contributed by atoms with Gasteiger partial charge in [0.1, 0.15) is 27.8 Å². The second-order valence-corrected chi connectivity index (χ2v) is 23.3. The number of rotatable bonds is 16. The topological polar surface area (TPSA) is 208 Å². The number of H-pyrrole nitrogens is 1. The summed E-state index contributed by atoms with van der Waals surface area (Å²) >= 11 is 0. The number of nitro groups is 1. The molecule has 4 aliphatic rings. The number of piperazine rings is 1. The number of methoxy groups -OCH3 is 1. The summed E-state index contributed by atoms with van der Waals surface area (Å²) in [6, 6.07) is 27.9. The lowest BCUT2D eigenvalue weighted by molar-refractivity contribution is -0.384. The summed E-state index contributed by atoms with van der Waals surface area (Å²) in [5.41, 5.74) is 4.53. The van der Waals surface area contributed by atoms with Gasteiger partial charge in [0.25, 0.3) is 15.9 Å². The second kappa shape index (κ2) is 21.0. The molecule has 2 aliphatic heterocycles. The van der Waals surface area contributed by atoms with Crippen LogP contribution >= 0.6 is 0 Å². The normalized spacial score (nSPS) is 21.6. The Morgan fingerprint density at radius 1 is 0.932 bits per heavy atom. The number of hydrogen-bond donors (Lipinski definition) is 4. The predicted octanol–water partition coefficient (Wildman–Crippen LogP) is 9.57. The van der Waals surface area contributed by atoms with E-state index in [2.05, 4.69) is 89.9 Å². The minimum absolute atomic E-state index is 0.0494. The smallest absolute Gasteiger partial charge is 0.312 e. The number of carbonyl (C=O) groups is 1. The quantitative estimate of drug-likeness (QED) is 0.0526. The Labute approximate surface area is 432 Å². The largest absolute Gasteiger partial charge is 0.497 e. The number of carbonyl (C=O) groups excluding carboxylic acids is 1. The Hall–Kier alpha value is -6.60. The Balaban J connectivity index is 0.830. The standard InChI is InChI=1S/C56H67N9O8S/c1-37(2)46-7-5-6-8-47(46)50-36-62(35-39-9-12-43(72-4)13-10-39)25-26-64(50)42-30-56(31-42)20-23-63(24-21-56)41-11-14-48(51(28-41)73-44-27-40-17-22-57-52(40)59-33-44)54(66)61-74(70,71)45-29-49(65(68)69)53(60-34-45)58-32-38-15-18-55(3,67)19-16-38/h5-14,17,22,27-29,33-34,37-38,42,50,67H,15-16,18-21,23-26,30-32,35-36H2,1-4H3,(H,57,59)(H,58,60)(H,61,66)/t38?,50-,55?/m0/s1. The van der Waals surface area contributed by atoms with Crippen molar-refractivity contribution in [1.29, 1.82) is 0 Å². The molecule has 0 radical (unpaired) electrons. The Bertz CT molecular complexity index is 3100. The van der Waals surface area contributed by atoms with Crippen LogP contribution in [0.15, 0.2) is 108 Å². The molecule has 5 heterocycles. The van der Waals surface area contributed by atoms with E-state index >= 15 is 0 Å². The van der Waals surface area contributed by atoms with Gasteiger partial charge >= 0.3 is 5.69 Å². The number of anilines is 2. The van der Waals surface area contributed by atoms with Crippen LogP contribution in [0.4, 0.5) is 17.2 Å². The number of pyridine rings is 2. The number of hydrogen-bond acceptors (Lipinski definition) is 14. The van der Waals surface area contributed by atoms with Crippen LogP contribution in [0.3, 0.4) is 0 Å². The fourth-order valence-electron chi connectivity index (χ4n) is 11.8. The molecule has 2 saturated heterocycles. The molecular weight excluding hydrogens is 959 g/mol. The molecule has 18 heteroatoms. The molecule has 3 aromatic heterocycles. The first-order chi connectivity index (χ1) is 35.5. The number of benzene rings is 3. The number of ether oxygens (including phenoxy) is 2. The van der Waals surface area contributed by atoms with Crippen LogP contribution < -0.4 is 24.4 Å². The highest BCUT2D eigenvalue weighted by Crippen LogP contribution is 2.53. The summed E-state index contributed by atoms with van der Waals surface area (Å²) in [6.07, 6.45) is 11.3. The molecule has 4 N–H and O–H groups in total. The van der Waals surface area contributed by atoms with Crippen LogP contribution in [0.5, 0.6) is 17.2 Å². The summed E-state index contributed by atoms with van der Waals surface area (Å²) in [7, 11) is -2.95. The first-order valence-corrected chi connectivity index (χ1v) is 27.4. The Kier molecular flexibility index (Phi) is 14.4. The maximum absolute atomic E-state index is 14.1. The van der Waals surface area contributed by atoms with Crippen LogP contribution in [-0.4, -0.2) is 107 Å². The summed E-state index contributed by atoms with van der Waals surface area (Å²) in [5.74, 6) is 0.860. The minimum atomic E-state index is -4.65. The average Bonchev–Trinajstić information content (AvgIpc) is 3.86. The van der Waals surface area contributed by atoms with Gasteiger partial charge in [-0.25, -0.2) is 23.1 Å². The maximum atomic E-state index is 14.1. The molecule has 0 bridgehead atoms. The van der Waals surface area contributed by atoms with E-state index in [0.717, 1.165) is 107 Å². The molecular formula is C56H67N9O8S. The molecule has 4 fully saturated rings. The van der Waals surface area contributed by atoms with Crippen molar-refractivity contribution in [2.45, 2.75) is 107 Å². The number of sulfonamides is 1. The van der Waals surface area contributed by atoms with Gasteiger partial charge in [-0.2, -0.15) is 0 Å². The fraction of sp³-hybridized carbons (Fsp3) is 0.446. The highest BCUT2D eigenvalue weighted by atomic mass is 32.2. The molecule has 6 aromatic rings. The van der Waals surface area contributed by atoms with Crippen molar-refractivity contribution in [3.8, 4) is 17.2 Å². The molecule has 390 valence electrons. The number of piperidine rings is 1. The molecule has 1 amide bonds. The summed E-state index contributed by atoms with van der Waals surface area (Å²) in [6.45, 7) is 12.2. The van der Waals surface area contributed by atoms with Gasteiger partial charge in [0.15, 0.2) is 0 Å². The lowest BCUT2D eigenvalue weighted by atomic mass is 9.59. The van der Waals surface area contributed by atoms with Gasteiger partial charge in [-0.05, 0) is 129 Å². The first kappa shape index (κ1) is 50.9. The van der Waals surface area contributed by atoms with Gasteiger partial charge in [-0.15, -0.1) is 0 Å². The SMILES string of the molecule is COc1ccc(CN2CCN(C3CC4(CCN(c5ccc(C(=O)NS(=O)(=O)c6cnc(NCC7CCC(C)(O)CC7)c([N+](=O)[O-])c6)c(Oc6cnc7[nH]ccc7c6)c5)CC4)C3)[C@H](c3ccccc3C(C)C)C2)cc1. The highest BCUT2D eigenvalue weighted by Gasteiger charge is 2.50. The van der Waals surface area contributed by atoms with Gasteiger partial charge in [0, 0.05) is 87.3 Å². The molecule has 2 saturated carbocycles. The summed E-state index contributed by atoms with van der Waals surface area (Å²) in [5, 5.41) is 26.3. The zero-order valence-electron chi connectivity index (χ0n) is 42.6. The maximum Gasteiger partial charge on any atom is 0.312 e. The van der Waals surface area contributed by atoms with Crippen molar-refractivity contribution in [2.24, 2.45) is 11.3 Å². The predicted molar refractivity (Wildman–Crippen MR) is 284 cm³/mol. The summed E-state index contributed by atoms with van der Waals surface area (Å²) < 4.78 is 41.5. The molecule has 1 atom stereocenters. The van der Waals surface area contributed by atoms with Crippen LogP contribution in [-0.2, 0) is 16.6 Å². The second-order valence-electron chi connectivity index (χ2n) is 21.6. The number of fused-ring (bicyclic) bond motifs is 1. The van der Waals surface area contributed by atoms with E-state index in [-0.39, 0.29) is 34.5 Å².